The first kappa shape index (κ1) is 11.7. The van der Waals surface area contributed by atoms with E-state index in [1.54, 1.807) is 12.1 Å². The number of nitrogens with two attached hydrogens (primary N) is 1. The Hall–Kier alpha value is -1.42. The molecule has 0 bridgehead atoms. The van der Waals surface area contributed by atoms with Crippen LogP contribution >= 0.6 is 0 Å². The third-order valence-electron chi connectivity index (χ3n) is 2.44. The largest absolute Gasteiger partial charge is 0.327 e. The molecule has 4 heteroatoms. The van der Waals surface area contributed by atoms with E-state index < -0.39 is 0 Å². The molecule has 0 amide bonds. The summed E-state index contributed by atoms with van der Waals surface area (Å²) in [5.41, 5.74) is 7.59. The van der Waals surface area contributed by atoms with Gasteiger partial charge in [0.15, 0.2) is 0 Å². The average molecular weight is 208 g/mol. The third kappa shape index (κ3) is 3.02. The van der Waals surface area contributed by atoms with Crippen molar-refractivity contribution in [2.75, 3.05) is 0 Å². The molecule has 1 unspecified atom stereocenters. The molecule has 0 heterocycles. The molecule has 4 nitrogen and oxygen atoms in total. The first-order valence-corrected chi connectivity index (χ1v) is 5.04. The summed E-state index contributed by atoms with van der Waals surface area (Å²) in [5.74, 6) is 0. The van der Waals surface area contributed by atoms with E-state index in [0.717, 1.165) is 17.5 Å². The van der Waals surface area contributed by atoms with Gasteiger partial charge in [-0.15, -0.1) is 0 Å². The average Bonchev–Trinajstić information content (AvgIpc) is 2.20. The van der Waals surface area contributed by atoms with Gasteiger partial charge in [0.2, 0.25) is 0 Å². The van der Waals surface area contributed by atoms with Gasteiger partial charge in [-0.1, -0.05) is 19.1 Å². The van der Waals surface area contributed by atoms with Crippen molar-refractivity contribution in [2.24, 2.45) is 5.73 Å². The molecule has 0 aromatic heterocycles. The molecule has 0 spiro atoms. The fourth-order valence-corrected chi connectivity index (χ4v) is 1.44. The number of nitro benzene ring substituents is 1. The van der Waals surface area contributed by atoms with E-state index in [9.17, 15) is 10.1 Å². The van der Waals surface area contributed by atoms with Crippen molar-refractivity contribution < 1.29 is 4.92 Å². The normalized spacial score (nSPS) is 12.5. The second kappa shape index (κ2) is 4.89. The van der Waals surface area contributed by atoms with E-state index in [4.69, 9.17) is 5.73 Å². The molecule has 0 saturated carbocycles. The van der Waals surface area contributed by atoms with Gasteiger partial charge in [0.1, 0.15) is 0 Å². The van der Waals surface area contributed by atoms with Gasteiger partial charge in [0, 0.05) is 17.7 Å². The molecular weight excluding hydrogens is 192 g/mol. The lowest BCUT2D eigenvalue weighted by molar-refractivity contribution is -0.385. The van der Waals surface area contributed by atoms with Crippen molar-refractivity contribution in [3.05, 3.63) is 39.4 Å². The van der Waals surface area contributed by atoms with Gasteiger partial charge in [-0.3, -0.25) is 10.1 Å². The number of benzene rings is 1. The summed E-state index contributed by atoms with van der Waals surface area (Å²) in [7, 11) is 0. The maximum absolute atomic E-state index is 10.8. The Bertz CT molecular complexity index is 364. The van der Waals surface area contributed by atoms with Crippen molar-refractivity contribution in [3.63, 3.8) is 0 Å². The number of nitrogens with zero attached hydrogens (tertiary/aromatic N) is 1. The second-order valence-corrected chi connectivity index (χ2v) is 3.76. The molecule has 1 atom stereocenters. The fourth-order valence-electron chi connectivity index (χ4n) is 1.44. The molecule has 0 aliphatic heterocycles. The van der Waals surface area contributed by atoms with Crippen molar-refractivity contribution in [1.29, 1.82) is 0 Å². The summed E-state index contributed by atoms with van der Waals surface area (Å²) in [4.78, 5) is 10.5. The molecule has 0 fully saturated rings. The summed E-state index contributed by atoms with van der Waals surface area (Å²) < 4.78 is 0. The van der Waals surface area contributed by atoms with Crippen molar-refractivity contribution >= 4 is 5.69 Å². The molecule has 0 saturated heterocycles. The highest BCUT2D eigenvalue weighted by Crippen LogP contribution is 2.21. The minimum absolute atomic E-state index is 0.00796. The molecule has 1 aromatic carbocycles. The van der Waals surface area contributed by atoms with Crippen LogP contribution in [0.25, 0.3) is 0 Å². The highest BCUT2D eigenvalue weighted by atomic mass is 16.6. The monoisotopic (exact) mass is 208 g/mol. The summed E-state index contributed by atoms with van der Waals surface area (Å²) in [6.07, 6.45) is 1.39. The zero-order valence-electron chi connectivity index (χ0n) is 9.06. The Morgan fingerprint density at radius 2 is 2.20 bits per heavy atom. The van der Waals surface area contributed by atoms with Crippen LogP contribution in [0.2, 0.25) is 0 Å². The predicted molar refractivity (Wildman–Crippen MR) is 59.8 cm³/mol. The molecule has 0 radical (unpaired) electrons. The fraction of sp³-hybridized carbons (Fsp3) is 0.455. The zero-order chi connectivity index (χ0) is 11.4. The first-order valence-electron chi connectivity index (χ1n) is 5.04. The lowest BCUT2D eigenvalue weighted by Crippen LogP contribution is -2.21. The van der Waals surface area contributed by atoms with Gasteiger partial charge in [-0.25, -0.2) is 0 Å². The van der Waals surface area contributed by atoms with Crippen LogP contribution < -0.4 is 5.73 Å². The Labute approximate surface area is 89.2 Å². The molecule has 15 heavy (non-hydrogen) atoms. The van der Waals surface area contributed by atoms with Crippen molar-refractivity contribution in [2.45, 2.75) is 32.7 Å². The highest BCUT2D eigenvalue weighted by molar-refractivity contribution is 5.43. The Morgan fingerprint density at radius 3 is 2.73 bits per heavy atom. The smallest absolute Gasteiger partial charge is 0.272 e. The lowest BCUT2D eigenvalue weighted by atomic mass is 10.0. The van der Waals surface area contributed by atoms with Crippen LogP contribution in [0.3, 0.4) is 0 Å². The van der Waals surface area contributed by atoms with Gasteiger partial charge in [-0.05, 0) is 25.3 Å². The first-order chi connectivity index (χ1) is 7.04. The highest BCUT2D eigenvalue weighted by Gasteiger charge is 2.15. The van der Waals surface area contributed by atoms with Crippen LogP contribution in [-0.4, -0.2) is 11.0 Å². The summed E-state index contributed by atoms with van der Waals surface area (Å²) in [6, 6.07) is 5.26. The molecule has 1 rings (SSSR count). The number of nitro groups is 1. The second-order valence-electron chi connectivity index (χ2n) is 3.76. The molecule has 1 aromatic rings. The van der Waals surface area contributed by atoms with Gasteiger partial charge in [0.05, 0.1) is 4.92 Å². The van der Waals surface area contributed by atoms with Crippen molar-refractivity contribution in [1.82, 2.24) is 0 Å². The maximum Gasteiger partial charge on any atom is 0.272 e. The van der Waals surface area contributed by atoms with Crippen LogP contribution in [0.1, 0.15) is 24.5 Å². The van der Waals surface area contributed by atoms with Crippen molar-refractivity contribution in [3.8, 4) is 0 Å². The standard InChI is InChI=1S/C11H16N2O2/c1-3-10(12)7-9-5-4-8(2)6-11(9)13(14)15/h4-6,10H,3,7,12H2,1-2H3. The Morgan fingerprint density at radius 1 is 1.53 bits per heavy atom. The van der Waals surface area contributed by atoms with E-state index in [1.807, 2.05) is 19.9 Å². The zero-order valence-corrected chi connectivity index (χ0v) is 9.06. The van der Waals surface area contributed by atoms with E-state index in [1.165, 1.54) is 0 Å². The third-order valence-corrected chi connectivity index (χ3v) is 2.44. The van der Waals surface area contributed by atoms with Crippen LogP contribution in [0, 0.1) is 17.0 Å². The molecular formula is C11H16N2O2. The predicted octanol–water partition coefficient (Wildman–Crippen LogP) is 2.18. The number of hydrogen-bond donors (Lipinski definition) is 1. The molecule has 0 aliphatic rings. The maximum atomic E-state index is 10.8. The number of rotatable bonds is 4. The minimum Gasteiger partial charge on any atom is -0.327 e. The Kier molecular flexibility index (Phi) is 3.80. The molecule has 82 valence electrons. The Balaban J connectivity index is 3.01. The van der Waals surface area contributed by atoms with Crippen LogP contribution in [0.4, 0.5) is 5.69 Å². The number of hydrogen-bond acceptors (Lipinski definition) is 3. The van der Waals surface area contributed by atoms with E-state index in [-0.39, 0.29) is 16.7 Å². The van der Waals surface area contributed by atoms with Gasteiger partial charge < -0.3 is 5.73 Å². The van der Waals surface area contributed by atoms with Gasteiger partial charge >= 0.3 is 0 Å². The summed E-state index contributed by atoms with van der Waals surface area (Å²) in [5, 5.41) is 10.8. The number of aryl methyl sites for hydroxylation is 1. The minimum atomic E-state index is -0.343. The molecule has 0 aliphatic carbocycles. The summed E-state index contributed by atoms with van der Waals surface area (Å²) >= 11 is 0. The van der Waals surface area contributed by atoms with Crippen LogP contribution in [-0.2, 0) is 6.42 Å². The SMILES string of the molecule is CCC(N)Cc1ccc(C)cc1[N+](=O)[O-]. The topological polar surface area (TPSA) is 69.2 Å². The van der Waals surface area contributed by atoms with E-state index in [0.29, 0.717) is 6.42 Å². The van der Waals surface area contributed by atoms with Gasteiger partial charge in [0.25, 0.3) is 5.69 Å². The van der Waals surface area contributed by atoms with Gasteiger partial charge in [-0.2, -0.15) is 0 Å². The van der Waals surface area contributed by atoms with E-state index >= 15 is 0 Å². The lowest BCUT2D eigenvalue weighted by Gasteiger charge is -2.09. The van der Waals surface area contributed by atoms with Crippen LogP contribution in [0.15, 0.2) is 18.2 Å². The van der Waals surface area contributed by atoms with E-state index in [2.05, 4.69) is 0 Å². The molecule has 2 N–H and O–H groups in total. The van der Waals surface area contributed by atoms with Crippen LogP contribution in [0.5, 0.6) is 0 Å². The summed E-state index contributed by atoms with van der Waals surface area (Å²) in [6.45, 7) is 3.82. The quantitative estimate of drug-likeness (QED) is 0.609.